The number of carbonyl (C=O) groups is 2. The number of carbonyl (C=O) groups excluding carboxylic acids is 2. The van der Waals surface area contributed by atoms with Gasteiger partial charge in [0.2, 0.25) is 0 Å². The summed E-state index contributed by atoms with van der Waals surface area (Å²) in [7, 11) is 0. The van der Waals surface area contributed by atoms with Gasteiger partial charge in [-0.05, 0) is 42.9 Å². The molecule has 2 aromatic rings. The van der Waals surface area contributed by atoms with Gasteiger partial charge >= 0.3 is 0 Å². The second-order valence-corrected chi connectivity index (χ2v) is 6.02. The van der Waals surface area contributed by atoms with E-state index >= 15 is 0 Å². The smallest absolute Gasteiger partial charge is 0.259 e. The Labute approximate surface area is 136 Å². The molecule has 23 heavy (non-hydrogen) atoms. The minimum Gasteiger partial charge on any atom is -0.288 e. The summed E-state index contributed by atoms with van der Waals surface area (Å²) < 4.78 is 0. The first-order valence-corrected chi connectivity index (χ1v) is 8.27. The maximum absolute atomic E-state index is 11.9. The second-order valence-electron chi connectivity index (χ2n) is 6.02. The van der Waals surface area contributed by atoms with Crippen molar-refractivity contribution in [2.24, 2.45) is 0 Å². The fourth-order valence-corrected chi connectivity index (χ4v) is 3.14. The minimum absolute atomic E-state index is 0.246. The second kappa shape index (κ2) is 7.23. The molecule has 0 bridgehead atoms. The van der Waals surface area contributed by atoms with Gasteiger partial charge in [0.1, 0.15) is 0 Å². The quantitative estimate of drug-likeness (QED) is 0.622. The van der Waals surface area contributed by atoms with Crippen LogP contribution >= 0.6 is 0 Å². The Morgan fingerprint density at radius 2 is 1.43 bits per heavy atom. The molecule has 118 valence electrons. The van der Waals surface area contributed by atoms with Gasteiger partial charge in [0, 0.05) is 0 Å². The van der Waals surface area contributed by atoms with Crippen LogP contribution in [0.15, 0.2) is 48.5 Å². The van der Waals surface area contributed by atoms with Gasteiger partial charge in [-0.25, -0.2) is 0 Å². The summed E-state index contributed by atoms with van der Waals surface area (Å²) in [5.74, 6) is -0.514. The number of aryl methyl sites for hydroxylation is 2. The SMILES string of the molecule is O=C1NC(=O)c2c(CCCCCCc3ccccc3)cccc21. The highest BCUT2D eigenvalue weighted by Crippen LogP contribution is 2.22. The molecule has 2 aromatic carbocycles. The van der Waals surface area contributed by atoms with E-state index in [9.17, 15) is 9.59 Å². The largest absolute Gasteiger partial charge is 0.288 e. The van der Waals surface area contributed by atoms with E-state index in [1.54, 1.807) is 6.07 Å². The molecule has 1 N–H and O–H groups in total. The molecule has 0 atom stereocenters. The minimum atomic E-state index is -0.269. The third-order valence-electron chi connectivity index (χ3n) is 4.35. The molecule has 0 saturated carbocycles. The molecule has 0 aliphatic carbocycles. The van der Waals surface area contributed by atoms with Crippen LogP contribution in [0.5, 0.6) is 0 Å². The molecule has 0 unspecified atom stereocenters. The van der Waals surface area contributed by atoms with Crippen molar-refractivity contribution in [3.8, 4) is 0 Å². The number of benzene rings is 2. The highest BCUT2D eigenvalue weighted by atomic mass is 16.2. The summed E-state index contributed by atoms with van der Waals surface area (Å²) in [4.78, 5) is 23.5. The molecule has 3 rings (SSSR count). The van der Waals surface area contributed by atoms with Crippen molar-refractivity contribution in [3.63, 3.8) is 0 Å². The van der Waals surface area contributed by atoms with Crippen LogP contribution in [-0.4, -0.2) is 11.8 Å². The molecule has 0 spiro atoms. The molecule has 0 fully saturated rings. The number of hydrogen-bond acceptors (Lipinski definition) is 2. The van der Waals surface area contributed by atoms with E-state index in [0.29, 0.717) is 11.1 Å². The highest BCUT2D eigenvalue weighted by molar-refractivity contribution is 6.22. The molecule has 0 radical (unpaired) electrons. The summed E-state index contributed by atoms with van der Waals surface area (Å²) in [6.07, 6.45) is 6.55. The summed E-state index contributed by atoms with van der Waals surface area (Å²) in [6, 6.07) is 16.1. The molecule has 1 aliphatic rings. The number of rotatable bonds is 7. The monoisotopic (exact) mass is 307 g/mol. The first-order chi connectivity index (χ1) is 11.3. The molecular formula is C20H21NO2. The topological polar surface area (TPSA) is 46.2 Å². The Balaban J connectivity index is 1.45. The van der Waals surface area contributed by atoms with E-state index in [2.05, 4.69) is 29.6 Å². The Hall–Kier alpha value is -2.42. The summed E-state index contributed by atoms with van der Waals surface area (Å²) in [5, 5.41) is 2.37. The molecule has 0 aromatic heterocycles. The molecule has 1 heterocycles. The van der Waals surface area contributed by atoms with E-state index in [1.807, 2.05) is 18.2 Å². The number of amides is 2. The van der Waals surface area contributed by atoms with Crippen molar-refractivity contribution < 1.29 is 9.59 Å². The predicted octanol–water partition coefficient (Wildman–Crippen LogP) is 3.92. The third kappa shape index (κ3) is 3.67. The van der Waals surface area contributed by atoms with Crippen LogP contribution in [0.1, 0.15) is 57.5 Å². The van der Waals surface area contributed by atoms with Crippen LogP contribution in [-0.2, 0) is 12.8 Å². The Morgan fingerprint density at radius 1 is 0.696 bits per heavy atom. The van der Waals surface area contributed by atoms with Crippen molar-refractivity contribution >= 4 is 11.8 Å². The summed E-state index contributed by atoms with van der Waals surface area (Å²) >= 11 is 0. The Bertz CT molecular complexity index is 707. The van der Waals surface area contributed by atoms with Crippen molar-refractivity contribution in [3.05, 3.63) is 70.8 Å². The van der Waals surface area contributed by atoms with Gasteiger partial charge in [0.15, 0.2) is 0 Å². The lowest BCUT2D eigenvalue weighted by Gasteiger charge is -2.06. The first kappa shape index (κ1) is 15.5. The van der Waals surface area contributed by atoms with Gasteiger partial charge in [-0.3, -0.25) is 14.9 Å². The number of unbranched alkanes of at least 4 members (excludes halogenated alkanes) is 3. The van der Waals surface area contributed by atoms with Gasteiger partial charge in [-0.2, -0.15) is 0 Å². The average Bonchev–Trinajstić information content (AvgIpc) is 2.87. The summed E-state index contributed by atoms with van der Waals surface area (Å²) in [6.45, 7) is 0. The number of hydrogen-bond donors (Lipinski definition) is 1. The highest BCUT2D eigenvalue weighted by Gasteiger charge is 2.28. The van der Waals surface area contributed by atoms with E-state index in [4.69, 9.17) is 0 Å². The normalized spacial score (nSPS) is 13.0. The van der Waals surface area contributed by atoms with E-state index in [0.717, 1.165) is 31.2 Å². The van der Waals surface area contributed by atoms with Crippen LogP contribution in [0.4, 0.5) is 0 Å². The summed E-state index contributed by atoms with van der Waals surface area (Å²) in [5.41, 5.74) is 3.50. The van der Waals surface area contributed by atoms with Gasteiger partial charge in [0.25, 0.3) is 11.8 Å². The Morgan fingerprint density at radius 3 is 2.22 bits per heavy atom. The standard InChI is InChI=1S/C20H21NO2/c22-19-17-14-8-13-16(18(17)20(23)21-19)12-7-2-1-4-9-15-10-5-3-6-11-15/h3,5-6,8,10-11,13-14H,1-2,4,7,9,12H2,(H,21,22,23). The third-order valence-corrected chi connectivity index (χ3v) is 4.35. The zero-order valence-corrected chi connectivity index (χ0v) is 13.2. The molecule has 3 heteroatoms. The van der Waals surface area contributed by atoms with Crippen LogP contribution in [0.25, 0.3) is 0 Å². The Kier molecular flexibility index (Phi) is 4.86. The number of fused-ring (bicyclic) bond motifs is 1. The lowest BCUT2D eigenvalue weighted by Crippen LogP contribution is -2.20. The van der Waals surface area contributed by atoms with Crippen molar-refractivity contribution in [1.29, 1.82) is 0 Å². The molecule has 1 aliphatic heterocycles. The van der Waals surface area contributed by atoms with Crippen LogP contribution < -0.4 is 5.32 Å². The van der Waals surface area contributed by atoms with Gasteiger partial charge in [-0.1, -0.05) is 55.3 Å². The first-order valence-electron chi connectivity index (χ1n) is 8.27. The predicted molar refractivity (Wildman–Crippen MR) is 90.6 cm³/mol. The fraction of sp³-hybridized carbons (Fsp3) is 0.300. The fourth-order valence-electron chi connectivity index (χ4n) is 3.14. The lowest BCUT2D eigenvalue weighted by atomic mass is 9.97. The van der Waals surface area contributed by atoms with Crippen molar-refractivity contribution in [2.75, 3.05) is 0 Å². The molecule has 0 saturated heterocycles. The molecule has 3 nitrogen and oxygen atoms in total. The van der Waals surface area contributed by atoms with Crippen molar-refractivity contribution in [1.82, 2.24) is 5.32 Å². The average molecular weight is 307 g/mol. The van der Waals surface area contributed by atoms with Crippen molar-refractivity contribution in [2.45, 2.75) is 38.5 Å². The van der Waals surface area contributed by atoms with Gasteiger partial charge in [0.05, 0.1) is 11.1 Å². The van der Waals surface area contributed by atoms with Crippen LogP contribution in [0, 0.1) is 0 Å². The van der Waals surface area contributed by atoms with E-state index in [1.165, 1.54) is 18.4 Å². The van der Waals surface area contributed by atoms with Crippen LogP contribution in [0.3, 0.4) is 0 Å². The van der Waals surface area contributed by atoms with E-state index in [-0.39, 0.29) is 11.8 Å². The molecular weight excluding hydrogens is 286 g/mol. The zero-order chi connectivity index (χ0) is 16.1. The van der Waals surface area contributed by atoms with Gasteiger partial charge < -0.3 is 0 Å². The number of nitrogens with one attached hydrogen (secondary N) is 1. The van der Waals surface area contributed by atoms with E-state index < -0.39 is 0 Å². The molecule has 2 amide bonds. The lowest BCUT2D eigenvalue weighted by molar-refractivity contribution is 0.0879. The van der Waals surface area contributed by atoms with Gasteiger partial charge in [-0.15, -0.1) is 0 Å². The van der Waals surface area contributed by atoms with Crippen LogP contribution in [0.2, 0.25) is 0 Å². The number of imide groups is 1. The zero-order valence-electron chi connectivity index (χ0n) is 13.2. The maximum atomic E-state index is 11.9. The maximum Gasteiger partial charge on any atom is 0.259 e.